The number of benzene rings is 1. The van der Waals surface area contributed by atoms with E-state index in [1.165, 1.54) is 22.8 Å². The van der Waals surface area contributed by atoms with E-state index in [1.54, 1.807) is 42.5 Å². The van der Waals surface area contributed by atoms with Crippen LogP contribution >= 0.6 is 0 Å². The number of hydrogen-bond acceptors (Lipinski definition) is 5. The van der Waals surface area contributed by atoms with Gasteiger partial charge in [-0.15, -0.1) is 0 Å². The number of nitrogens with two attached hydrogens (primary N) is 1. The van der Waals surface area contributed by atoms with Crippen LogP contribution in [0.3, 0.4) is 0 Å². The Hall–Kier alpha value is -3.55. The van der Waals surface area contributed by atoms with Gasteiger partial charge in [0.2, 0.25) is 11.5 Å². The van der Waals surface area contributed by atoms with E-state index in [1.807, 2.05) is 0 Å². The lowest BCUT2D eigenvalue weighted by molar-refractivity contribution is 0.0705. The van der Waals surface area contributed by atoms with E-state index in [9.17, 15) is 14.0 Å². The van der Waals surface area contributed by atoms with E-state index in [0.29, 0.717) is 35.5 Å². The van der Waals surface area contributed by atoms with Crippen molar-refractivity contribution in [3.8, 4) is 11.1 Å². The number of anilines is 1. The Labute approximate surface area is 173 Å². The Morgan fingerprint density at radius 2 is 2.10 bits per heavy atom. The normalized spacial score (nSPS) is 16.5. The van der Waals surface area contributed by atoms with Crippen molar-refractivity contribution in [2.24, 2.45) is 7.05 Å². The van der Waals surface area contributed by atoms with Gasteiger partial charge in [0.15, 0.2) is 0 Å². The summed E-state index contributed by atoms with van der Waals surface area (Å²) in [6.07, 6.45) is 4.79. The third kappa shape index (κ3) is 3.94. The summed E-state index contributed by atoms with van der Waals surface area (Å²) < 4.78 is 15.2. The minimum absolute atomic E-state index is 0.0567. The molecule has 30 heavy (non-hydrogen) atoms. The zero-order valence-electron chi connectivity index (χ0n) is 16.6. The fourth-order valence-corrected chi connectivity index (χ4v) is 3.89. The minimum atomic E-state index is -0.342. The molecule has 0 aliphatic carbocycles. The van der Waals surface area contributed by atoms with Crippen LogP contribution in [0.4, 0.5) is 10.3 Å². The zero-order chi connectivity index (χ0) is 21.3. The molecule has 0 saturated carbocycles. The topological polar surface area (TPSA) is 94.1 Å². The van der Waals surface area contributed by atoms with Gasteiger partial charge in [-0.25, -0.2) is 14.4 Å². The lowest BCUT2D eigenvalue weighted by Gasteiger charge is -2.33. The molecule has 1 atom stereocenters. The molecule has 8 heteroatoms. The maximum atomic E-state index is 13.8. The van der Waals surface area contributed by atoms with Gasteiger partial charge in [0.25, 0.3) is 5.91 Å². The van der Waals surface area contributed by atoms with Gasteiger partial charge >= 0.3 is 0 Å². The lowest BCUT2D eigenvalue weighted by Crippen LogP contribution is -2.40. The van der Waals surface area contributed by atoms with Crippen molar-refractivity contribution in [2.75, 3.05) is 18.8 Å². The van der Waals surface area contributed by atoms with Crippen LogP contribution in [0.25, 0.3) is 11.1 Å². The summed E-state index contributed by atoms with van der Waals surface area (Å²) in [5.41, 5.74) is 8.24. The van der Waals surface area contributed by atoms with Crippen LogP contribution in [-0.2, 0) is 7.05 Å². The summed E-state index contributed by atoms with van der Waals surface area (Å²) >= 11 is 0. The second kappa shape index (κ2) is 8.06. The van der Waals surface area contributed by atoms with Crippen LogP contribution in [0, 0.1) is 5.82 Å². The molecule has 1 aromatic carbocycles. The standard InChI is InChI=1S/C22H22FN5O2/c1-27-12-16(7-8-19(27)29)21(30)28-9-3-5-15(13-28)20-18(11-25-22(24)26-20)14-4-2-6-17(23)10-14/h2,4,6-8,10-12,15H,3,5,9,13H2,1H3,(H2,24,25,26)/t15-/m0/s1. The number of amides is 1. The SMILES string of the molecule is Cn1cc(C(=O)N2CCC[C@H](c3nc(N)ncc3-c3cccc(F)c3)C2)ccc1=O. The molecule has 1 amide bonds. The highest BCUT2D eigenvalue weighted by atomic mass is 19.1. The molecule has 0 spiro atoms. The van der Waals surface area contributed by atoms with E-state index < -0.39 is 0 Å². The molecule has 2 N–H and O–H groups in total. The second-order valence-electron chi connectivity index (χ2n) is 7.49. The number of halogens is 1. The van der Waals surface area contributed by atoms with E-state index >= 15 is 0 Å². The third-order valence-electron chi connectivity index (χ3n) is 5.40. The van der Waals surface area contributed by atoms with Gasteiger partial charge in [0.1, 0.15) is 5.82 Å². The summed E-state index contributed by atoms with van der Waals surface area (Å²) in [5, 5.41) is 0. The maximum Gasteiger partial charge on any atom is 0.255 e. The molecule has 4 rings (SSSR count). The Kier molecular flexibility index (Phi) is 5.31. The number of carbonyl (C=O) groups excluding carboxylic acids is 1. The summed E-state index contributed by atoms with van der Waals surface area (Å²) in [7, 11) is 1.62. The van der Waals surface area contributed by atoms with Crippen LogP contribution in [0.15, 0.2) is 53.6 Å². The van der Waals surface area contributed by atoms with Gasteiger partial charge in [0.05, 0.1) is 11.3 Å². The van der Waals surface area contributed by atoms with E-state index in [4.69, 9.17) is 5.73 Å². The summed E-state index contributed by atoms with van der Waals surface area (Å²) in [5.74, 6) is -0.388. The predicted octanol–water partition coefficient (Wildman–Crippen LogP) is 2.58. The highest BCUT2D eigenvalue weighted by molar-refractivity contribution is 5.94. The number of rotatable bonds is 3. The molecule has 1 fully saturated rings. The average molecular weight is 407 g/mol. The first-order chi connectivity index (χ1) is 14.4. The Balaban J connectivity index is 1.65. The van der Waals surface area contributed by atoms with Crippen molar-refractivity contribution in [1.82, 2.24) is 19.4 Å². The molecular weight excluding hydrogens is 385 g/mol. The number of piperidine rings is 1. The third-order valence-corrected chi connectivity index (χ3v) is 5.40. The largest absolute Gasteiger partial charge is 0.368 e. The second-order valence-corrected chi connectivity index (χ2v) is 7.49. The minimum Gasteiger partial charge on any atom is -0.368 e. The van der Waals surface area contributed by atoms with Crippen molar-refractivity contribution in [3.05, 3.63) is 76.2 Å². The first kappa shape index (κ1) is 19.8. The van der Waals surface area contributed by atoms with Crippen LogP contribution in [-0.4, -0.2) is 38.4 Å². The summed E-state index contributed by atoms with van der Waals surface area (Å²) in [6, 6.07) is 9.21. The molecule has 2 aromatic heterocycles. The average Bonchev–Trinajstić information content (AvgIpc) is 2.75. The highest BCUT2D eigenvalue weighted by Crippen LogP contribution is 2.34. The van der Waals surface area contributed by atoms with Gasteiger partial charge in [0, 0.05) is 50.1 Å². The molecule has 0 bridgehead atoms. The van der Waals surface area contributed by atoms with Gasteiger partial charge < -0.3 is 15.2 Å². The maximum absolute atomic E-state index is 13.8. The fraction of sp³-hybridized carbons (Fsp3) is 0.273. The molecule has 154 valence electrons. The van der Waals surface area contributed by atoms with E-state index in [0.717, 1.165) is 12.8 Å². The van der Waals surface area contributed by atoms with Gasteiger partial charge in [-0.3, -0.25) is 9.59 Å². The highest BCUT2D eigenvalue weighted by Gasteiger charge is 2.28. The van der Waals surface area contributed by atoms with Crippen molar-refractivity contribution in [3.63, 3.8) is 0 Å². The molecular formula is C22H22FN5O2. The van der Waals surface area contributed by atoms with Gasteiger partial charge in [-0.2, -0.15) is 0 Å². The molecule has 1 saturated heterocycles. The Morgan fingerprint density at radius 1 is 1.27 bits per heavy atom. The van der Waals surface area contributed by atoms with Crippen molar-refractivity contribution in [1.29, 1.82) is 0 Å². The first-order valence-corrected chi connectivity index (χ1v) is 9.76. The number of nitrogen functional groups attached to an aromatic ring is 1. The molecule has 0 unspecified atom stereocenters. The van der Waals surface area contributed by atoms with Crippen molar-refractivity contribution < 1.29 is 9.18 Å². The molecule has 1 aliphatic heterocycles. The van der Waals surface area contributed by atoms with E-state index in [-0.39, 0.29) is 29.1 Å². The number of pyridine rings is 1. The number of aryl methyl sites for hydroxylation is 1. The van der Waals surface area contributed by atoms with Gasteiger partial charge in [-0.05, 0) is 36.6 Å². The molecule has 0 radical (unpaired) electrons. The lowest BCUT2D eigenvalue weighted by atomic mass is 9.89. The molecule has 3 heterocycles. The monoisotopic (exact) mass is 407 g/mol. The number of aromatic nitrogens is 3. The molecule has 7 nitrogen and oxygen atoms in total. The quantitative estimate of drug-likeness (QED) is 0.720. The predicted molar refractivity (Wildman–Crippen MR) is 111 cm³/mol. The van der Waals surface area contributed by atoms with E-state index in [2.05, 4.69) is 9.97 Å². The number of hydrogen-bond donors (Lipinski definition) is 1. The zero-order valence-corrected chi connectivity index (χ0v) is 16.6. The molecule has 3 aromatic rings. The summed E-state index contributed by atoms with van der Waals surface area (Å²) in [4.78, 5) is 34.9. The van der Waals surface area contributed by atoms with Crippen LogP contribution in [0.5, 0.6) is 0 Å². The van der Waals surface area contributed by atoms with Crippen LogP contribution < -0.4 is 11.3 Å². The smallest absolute Gasteiger partial charge is 0.255 e. The number of likely N-dealkylation sites (tertiary alicyclic amines) is 1. The Morgan fingerprint density at radius 3 is 2.87 bits per heavy atom. The number of carbonyl (C=O) groups is 1. The fourth-order valence-electron chi connectivity index (χ4n) is 3.89. The number of nitrogens with zero attached hydrogens (tertiary/aromatic N) is 4. The van der Waals surface area contributed by atoms with Gasteiger partial charge in [-0.1, -0.05) is 12.1 Å². The molecule has 1 aliphatic rings. The first-order valence-electron chi connectivity index (χ1n) is 9.76. The summed E-state index contributed by atoms with van der Waals surface area (Å²) in [6.45, 7) is 1.08. The van der Waals surface area contributed by atoms with Crippen LogP contribution in [0.1, 0.15) is 34.8 Å². The van der Waals surface area contributed by atoms with Crippen LogP contribution in [0.2, 0.25) is 0 Å². The van der Waals surface area contributed by atoms with Crippen molar-refractivity contribution >= 4 is 11.9 Å². The van der Waals surface area contributed by atoms with Crippen molar-refractivity contribution in [2.45, 2.75) is 18.8 Å². The Bertz CT molecular complexity index is 1160.